The van der Waals surface area contributed by atoms with Crippen LogP contribution in [0, 0.1) is 5.82 Å². The van der Waals surface area contributed by atoms with E-state index in [0.29, 0.717) is 23.0 Å². The van der Waals surface area contributed by atoms with E-state index < -0.39 is 0 Å². The van der Waals surface area contributed by atoms with E-state index in [4.69, 9.17) is 16.1 Å². The Bertz CT molecular complexity index is 665. The highest BCUT2D eigenvalue weighted by molar-refractivity contribution is 6.31. The Morgan fingerprint density at radius 1 is 1.29 bits per heavy atom. The zero-order valence-electron chi connectivity index (χ0n) is 14.0. The number of hydrogen-bond acceptors (Lipinski definition) is 5. The monoisotopic (exact) mass is 352 g/mol. The molecule has 130 valence electrons. The molecule has 1 aliphatic heterocycles. The molecule has 1 saturated heterocycles. The summed E-state index contributed by atoms with van der Waals surface area (Å²) in [6.45, 7) is 8.07. The van der Waals surface area contributed by atoms with Gasteiger partial charge in [-0.25, -0.2) is 4.39 Å². The third-order valence-electron chi connectivity index (χ3n) is 4.56. The van der Waals surface area contributed by atoms with Crippen molar-refractivity contribution < 1.29 is 8.91 Å². The van der Waals surface area contributed by atoms with Crippen LogP contribution in [0.25, 0.3) is 0 Å². The number of halogens is 2. The molecule has 0 amide bonds. The van der Waals surface area contributed by atoms with Gasteiger partial charge in [-0.15, -0.1) is 0 Å². The summed E-state index contributed by atoms with van der Waals surface area (Å²) >= 11 is 6.12. The molecule has 5 nitrogen and oxygen atoms in total. The molecule has 0 radical (unpaired) electrons. The van der Waals surface area contributed by atoms with Crippen LogP contribution >= 0.6 is 11.6 Å². The van der Waals surface area contributed by atoms with Crippen molar-refractivity contribution >= 4 is 11.6 Å². The van der Waals surface area contributed by atoms with Gasteiger partial charge >= 0.3 is 0 Å². The first-order valence-electron chi connectivity index (χ1n) is 8.30. The van der Waals surface area contributed by atoms with Crippen LogP contribution in [0.2, 0.25) is 5.02 Å². The van der Waals surface area contributed by atoms with Gasteiger partial charge in [0.2, 0.25) is 5.89 Å². The van der Waals surface area contributed by atoms with Crippen LogP contribution in [-0.4, -0.2) is 46.1 Å². The van der Waals surface area contributed by atoms with E-state index in [1.54, 1.807) is 12.1 Å². The van der Waals surface area contributed by atoms with Crippen molar-refractivity contribution in [3.63, 3.8) is 0 Å². The van der Waals surface area contributed by atoms with Gasteiger partial charge in [-0.2, -0.15) is 4.98 Å². The lowest BCUT2D eigenvalue weighted by Crippen LogP contribution is -2.46. The fraction of sp³-hybridized carbons (Fsp3) is 0.529. The third-order valence-corrected chi connectivity index (χ3v) is 4.91. The Labute approximate surface area is 146 Å². The van der Waals surface area contributed by atoms with E-state index in [1.165, 1.54) is 6.07 Å². The molecule has 2 heterocycles. The second kappa shape index (κ2) is 7.59. The van der Waals surface area contributed by atoms with E-state index in [0.717, 1.165) is 38.4 Å². The zero-order valence-corrected chi connectivity index (χ0v) is 14.8. The van der Waals surface area contributed by atoms with Crippen LogP contribution in [0.15, 0.2) is 22.7 Å². The molecule has 0 N–H and O–H groups in total. The second-order valence-electron chi connectivity index (χ2n) is 6.09. The molecule has 1 fully saturated rings. The highest BCUT2D eigenvalue weighted by atomic mass is 35.5. The molecule has 1 aromatic carbocycles. The Balaban J connectivity index is 1.57. The summed E-state index contributed by atoms with van der Waals surface area (Å²) in [5.41, 5.74) is 0.574. The van der Waals surface area contributed by atoms with Crippen molar-refractivity contribution in [1.82, 2.24) is 19.9 Å². The molecule has 0 aliphatic carbocycles. The molecule has 3 rings (SSSR count). The molecular weight excluding hydrogens is 331 g/mol. The number of benzene rings is 1. The minimum Gasteiger partial charge on any atom is -0.338 e. The van der Waals surface area contributed by atoms with Crippen molar-refractivity contribution in [2.24, 2.45) is 0 Å². The van der Waals surface area contributed by atoms with Crippen molar-refractivity contribution in [1.29, 1.82) is 0 Å². The second-order valence-corrected chi connectivity index (χ2v) is 6.50. The van der Waals surface area contributed by atoms with Gasteiger partial charge in [-0.3, -0.25) is 9.80 Å². The van der Waals surface area contributed by atoms with Crippen LogP contribution in [0.1, 0.15) is 37.2 Å². The lowest BCUT2D eigenvalue weighted by atomic mass is 10.1. The maximum atomic E-state index is 13.9. The first-order chi connectivity index (χ1) is 11.6. The van der Waals surface area contributed by atoms with Gasteiger partial charge < -0.3 is 4.52 Å². The first kappa shape index (κ1) is 17.3. The van der Waals surface area contributed by atoms with Gasteiger partial charge in [0.05, 0.1) is 6.04 Å². The average Bonchev–Trinajstić information content (AvgIpc) is 3.07. The summed E-state index contributed by atoms with van der Waals surface area (Å²) in [4.78, 5) is 8.95. The van der Waals surface area contributed by atoms with E-state index in [2.05, 4.69) is 26.9 Å². The lowest BCUT2D eigenvalue weighted by Gasteiger charge is -2.36. The summed E-state index contributed by atoms with van der Waals surface area (Å²) in [5, 5.41) is 4.45. The molecule has 1 aliphatic rings. The van der Waals surface area contributed by atoms with Gasteiger partial charge in [0, 0.05) is 49.7 Å². The minimum absolute atomic E-state index is 0.0944. The zero-order chi connectivity index (χ0) is 17.1. The number of nitrogens with zero attached hydrogens (tertiary/aromatic N) is 4. The SMILES string of the molecule is CCc1noc(C(C)N2CCN(Cc3c(F)cccc3Cl)CC2)n1. The number of hydrogen-bond donors (Lipinski definition) is 0. The normalized spacial score (nSPS) is 18.0. The lowest BCUT2D eigenvalue weighted by molar-refractivity contribution is 0.0839. The molecule has 2 aromatic rings. The van der Waals surface area contributed by atoms with E-state index in [-0.39, 0.29) is 11.9 Å². The third kappa shape index (κ3) is 3.77. The van der Waals surface area contributed by atoms with Gasteiger partial charge in [-0.1, -0.05) is 29.7 Å². The van der Waals surface area contributed by atoms with E-state index in [9.17, 15) is 4.39 Å². The van der Waals surface area contributed by atoms with E-state index in [1.807, 2.05) is 6.92 Å². The van der Waals surface area contributed by atoms with Crippen LogP contribution < -0.4 is 0 Å². The number of rotatable bonds is 5. The number of aromatic nitrogens is 2. The molecule has 0 bridgehead atoms. The van der Waals surface area contributed by atoms with Gasteiger partial charge in [0.25, 0.3) is 0 Å². The molecule has 0 spiro atoms. The maximum Gasteiger partial charge on any atom is 0.243 e. The Kier molecular flexibility index (Phi) is 5.48. The summed E-state index contributed by atoms with van der Waals surface area (Å²) in [7, 11) is 0. The fourth-order valence-electron chi connectivity index (χ4n) is 2.95. The summed E-state index contributed by atoms with van der Waals surface area (Å²) in [6.07, 6.45) is 0.771. The summed E-state index contributed by atoms with van der Waals surface area (Å²) in [6, 6.07) is 4.92. The Hall–Kier alpha value is -1.50. The van der Waals surface area contributed by atoms with E-state index >= 15 is 0 Å². The van der Waals surface area contributed by atoms with Crippen molar-refractivity contribution in [3.05, 3.63) is 46.3 Å². The molecule has 7 heteroatoms. The maximum absolute atomic E-state index is 13.9. The van der Waals surface area contributed by atoms with Crippen molar-refractivity contribution in [2.45, 2.75) is 32.9 Å². The number of aryl methyl sites for hydroxylation is 1. The average molecular weight is 353 g/mol. The first-order valence-corrected chi connectivity index (χ1v) is 8.68. The van der Waals surface area contributed by atoms with Gasteiger partial charge in [-0.05, 0) is 19.1 Å². The minimum atomic E-state index is -0.240. The molecule has 1 unspecified atom stereocenters. The van der Waals surface area contributed by atoms with Gasteiger partial charge in [0.1, 0.15) is 5.82 Å². The highest BCUT2D eigenvalue weighted by Crippen LogP contribution is 2.24. The predicted molar refractivity (Wildman–Crippen MR) is 90.4 cm³/mol. The fourth-order valence-corrected chi connectivity index (χ4v) is 3.18. The quantitative estimate of drug-likeness (QED) is 0.826. The van der Waals surface area contributed by atoms with Crippen LogP contribution in [0.5, 0.6) is 0 Å². The Morgan fingerprint density at radius 3 is 2.67 bits per heavy atom. The molecule has 24 heavy (non-hydrogen) atoms. The Morgan fingerprint density at radius 2 is 2.04 bits per heavy atom. The van der Waals surface area contributed by atoms with Gasteiger partial charge in [0.15, 0.2) is 5.82 Å². The van der Waals surface area contributed by atoms with Crippen LogP contribution in [0.4, 0.5) is 4.39 Å². The van der Waals surface area contributed by atoms with Crippen LogP contribution in [-0.2, 0) is 13.0 Å². The van der Waals surface area contributed by atoms with Crippen LogP contribution in [0.3, 0.4) is 0 Å². The standard InChI is InChI=1S/C17H22ClFN4O/c1-3-16-20-17(24-21-16)12(2)23-9-7-22(8-10-23)11-13-14(18)5-4-6-15(13)19/h4-6,12H,3,7-11H2,1-2H3. The molecule has 0 saturated carbocycles. The largest absolute Gasteiger partial charge is 0.338 e. The van der Waals surface area contributed by atoms with Crippen molar-refractivity contribution in [3.8, 4) is 0 Å². The predicted octanol–water partition coefficient (Wildman–Crippen LogP) is 3.30. The number of piperazine rings is 1. The summed E-state index contributed by atoms with van der Waals surface area (Å²) < 4.78 is 19.3. The molecule has 1 atom stereocenters. The highest BCUT2D eigenvalue weighted by Gasteiger charge is 2.26. The molecular formula is C17H22ClFN4O. The topological polar surface area (TPSA) is 45.4 Å². The van der Waals surface area contributed by atoms with Crippen molar-refractivity contribution in [2.75, 3.05) is 26.2 Å². The summed E-state index contributed by atoms with van der Waals surface area (Å²) in [5.74, 6) is 1.17. The smallest absolute Gasteiger partial charge is 0.243 e. The molecule has 1 aromatic heterocycles.